The zero-order valence-corrected chi connectivity index (χ0v) is 17.4. The zero-order chi connectivity index (χ0) is 21.2. The molecule has 0 aliphatic carbocycles. The summed E-state index contributed by atoms with van der Waals surface area (Å²) in [4.78, 5) is 14.9. The molecule has 2 aromatic rings. The lowest BCUT2D eigenvalue weighted by molar-refractivity contribution is -0.136. The number of likely N-dealkylation sites (N-methyl/N-ethyl adjacent to an activating group) is 1. The van der Waals surface area contributed by atoms with Gasteiger partial charge in [-0.2, -0.15) is 0 Å². The molecule has 0 fully saturated rings. The van der Waals surface area contributed by atoms with Crippen molar-refractivity contribution in [1.29, 1.82) is 0 Å². The van der Waals surface area contributed by atoms with E-state index >= 15 is 0 Å². The Hall–Kier alpha value is -3.17. The molecule has 3 rings (SSSR count). The van der Waals surface area contributed by atoms with Crippen molar-refractivity contribution in [2.45, 2.75) is 32.6 Å². The fourth-order valence-corrected chi connectivity index (χ4v) is 3.94. The van der Waals surface area contributed by atoms with Gasteiger partial charge < -0.3 is 20.0 Å². The lowest BCUT2D eigenvalue weighted by Gasteiger charge is -2.23. The van der Waals surface area contributed by atoms with Crippen LogP contribution in [0.2, 0.25) is 0 Å². The van der Waals surface area contributed by atoms with E-state index in [4.69, 9.17) is 5.11 Å². The van der Waals surface area contributed by atoms with Gasteiger partial charge in [-0.1, -0.05) is 23.9 Å². The van der Waals surface area contributed by atoms with Crippen molar-refractivity contribution >= 4 is 23.4 Å². The fourth-order valence-electron chi connectivity index (χ4n) is 3.94. The van der Waals surface area contributed by atoms with Crippen LogP contribution in [-0.2, 0) is 10.2 Å². The number of hydrogen-bond acceptors (Lipinski definition) is 4. The Kier molecular flexibility index (Phi) is 5.71. The van der Waals surface area contributed by atoms with Crippen LogP contribution in [-0.4, -0.2) is 36.3 Å². The van der Waals surface area contributed by atoms with Crippen LogP contribution >= 0.6 is 0 Å². The first kappa shape index (κ1) is 20.6. The van der Waals surface area contributed by atoms with E-state index in [1.165, 1.54) is 11.3 Å². The molecule has 5 heteroatoms. The normalized spacial score (nSPS) is 14.3. The van der Waals surface area contributed by atoms with E-state index in [1.54, 1.807) is 6.07 Å². The van der Waals surface area contributed by atoms with Gasteiger partial charge in [0.25, 0.3) is 0 Å². The number of phenols is 1. The Labute approximate surface area is 172 Å². The number of phenolic OH excluding ortho intramolecular Hbond substituents is 1. The highest BCUT2D eigenvalue weighted by Crippen LogP contribution is 2.46. The number of carboxylic acid groups (broad SMARTS) is 1. The number of benzene rings is 2. The van der Waals surface area contributed by atoms with Crippen LogP contribution < -0.4 is 9.80 Å². The molecule has 0 radical (unpaired) electrons. The van der Waals surface area contributed by atoms with E-state index in [-0.39, 0.29) is 17.6 Å². The number of allylic oxidation sites excluding steroid dienone is 1. The number of anilines is 2. The van der Waals surface area contributed by atoms with Gasteiger partial charge >= 0.3 is 5.97 Å². The summed E-state index contributed by atoms with van der Waals surface area (Å²) in [6.45, 7) is 7.39. The predicted molar refractivity (Wildman–Crippen MR) is 118 cm³/mol. The number of para-hydroxylation sites is 1. The third-order valence-corrected chi connectivity index (χ3v) is 5.59. The van der Waals surface area contributed by atoms with Crippen molar-refractivity contribution < 1.29 is 15.0 Å². The van der Waals surface area contributed by atoms with Crippen molar-refractivity contribution in [2.24, 2.45) is 0 Å². The molecule has 0 atom stereocenters. The highest BCUT2D eigenvalue weighted by molar-refractivity contribution is 5.72. The molecule has 1 aliphatic rings. The van der Waals surface area contributed by atoms with Gasteiger partial charge in [0, 0.05) is 48.6 Å². The second-order valence-corrected chi connectivity index (χ2v) is 7.80. The SMILES string of the molecule is CCN(CCC(=O)O)c1ccc(C=C=C2N(C)c3ccccc3C2(C)C)c(O)c1. The molecule has 0 aromatic heterocycles. The van der Waals surface area contributed by atoms with E-state index in [9.17, 15) is 9.90 Å². The second kappa shape index (κ2) is 8.06. The highest BCUT2D eigenvalue weighted by Gasteiger charge is 2.38. The van der Waals surface area contributed by atoms with E-state index < -0.39 is 5.97 Å². The summed E-state index contributed by atoms with van der Waals surface area (Å²) in [5.74, 6) is -0.677. The molecule has 0 saturated heterocycles. The van der Waals surface area contributed by atoms with Crippen LogP contribution in [0.4, 0.5) is 11.4 Å². The van der Waals surface area contributed by atoms with Gasteiger partial charge in [-0.3, -0.25) is 4.79 Å². The van der Waals surface area contributed by atoms with Gasteiger partial charge in [-0.05, 0) is 50.6 Å². The summed E-state index contributed by atoms with van der Waals surface area (Å²) in [7, 11) is 2.04. The Morgan fingerprint density at radius 1 is 1.24 bits per heavy atom. The summed E-state index contributed by atoms with van der Waals surface area (Å²) < 4.78 is 0. The van der Waals surface area contributed by atoms with Gasteiger partial charge in [0.1, 0.15) is 5.75 Å². The maximum absolute atomic E-state index is 10.8. The third-order valence-electron chi connectivity index (χ3n) is 5.59. The first-order chi connectivity index (χ1) is 13.8. The van der Waals surface area contributed by atoms with E-state index in [0.29, 0.717) is 18.7 Å². The highest BCUT2D eigenvalue weighted by atomic mass is 16.4. The Morgan fingerprint density at radius 2 is 1.97 bits per heavy atom. The van der Waals surface area contributed by atoms with Crippen LogP contribution in [0.3, 0.4) is 0 Å². The van der Waals surface area contributed by atoms with Crippen LogP contribution in [0.5, 0.6) is 5.75 Å². The molecule has 2 aromatic carbocycles. The first-order valence-electron chi connectivity index (χ1n) is 9.86. The number of carboxylic acids is 1. The van der Waals surface area contributed by atoms with Crippen LogP contribution in [0.15, 0.2) is 53.9 Å². The smallest absolute Gasteiger partial charge is 0.305 e. The predicted octanol–water partition coefficient (Wildman–Crippen LogP) is 4.62. The molecule has 0 bridgehead atoms. The summed E-state index contributed by atoms with van der Waals surface area (Å²) in [6.07, 6.45) is 1.87. The number of rotatable bonds is 6. The molecule has 152 valence electrons. The average Bonchev–Trinajstić information content (AvgIpc) is 2.88. The monoisotopic (exact) mass is 392 g/mol. The van der Waals surface area contributed by atoms with Crippen LogP contribution in [0, 0.1) is 0 Å². The molecule has 1 heterocycles. The molecule has 2 N–H and O–H groups in total. The summed E-state index contributed by atoms with van der Waals surface area (Å²) in [5, 5.41) is 19.4. The summed E-state index contributed by atoms with van der Waals surface area (Å²) in [5.41, 5.74) is 8.18. The maximum atomic E-state index is 10.8. The van der Waals surface area contributed by atoms with E-state index in [2.05, 4.69) is 42.7 Å². The quantitative estimate of drug-likeness (QED) is 0.703. The van der Waals surface area contributed by atoms with E-state index in [0.717, 1.165) is 11.4 Å². The van der Waals surface area contributed by atoms with Crippen molar-refractivity contribution in [1.82, 2.24) is 0 Å². The standard InChI is InChI=1S/C24H28N2O3/c1-5-26(15-14-23(28)29)18-12-10-17(21(27)16-18)11-13-22-24(2,3)19-8-6-7-9-20(19)25(22)4/h6-12,16,27H,5,14-15H2,1-4H3,(H,28,29). The van der Waals surface area contributed by atoms with Crippen molar-refractivity contribution in [3.63, 3.8) is 0 Å². The lowest BCUT2D eigenvalue weighted by atomic mass is 9.84. The van der Waals surface area contributed by atoms with Crippen molar-refractivity contribution in [2.75, 3.05) is 29.9 Å². The molecular formula is C24H28N2O3. The molecule has 0 amide bonds. The van der Waals surface area contributed by atoms with Gasteiger partial charge in [0.15, 0.2) is 0 Å². The van der Waals surface area contributed by atoms with Gasteiger partial charge in [0.05, 0.1) is 12.1 Å². The Morgan fingerprint density at radius 3 is 2.59 bits per heavy atom. The van der Waals surface area contributed by atoms with Crippen molar-refractivity contribution in [3.05, 3.63) is 65.0 Å². The second-order valence-electron chi connectivity index (χ2n) is 7.80. The minimum Gasteiger partial charge on any atom is -0.507 e. The van der Waals surface area contributed by atoms with Gasteiger partial charge in [-0.25, -0.2) is 0 Å². The maximum Gasteiger partial charge on any atom is 0.305 e. The number of aliphatic carboxylic acids is 1. The number of fused-ring (bicyclic) bond motifs is 1. The summed E-state index contributed by atoms with van der Waals surface area (Å²) in [6, 6.07) is 13.8. The van der Waals surface area contributed by atoms with Crippen LogP contribution in [0.1, 0.15) is 38.3 Å². The largest absolute Gasteiger partial charge is 0.507 e. The first-order valence-corrected chi connectivity index (χ1v) is 9.86. The molecule has 0 spiro atoms. The number of nitrogens with zero attached hydrogens (tertiary/aromatic N) is 2. The van der Waals surface area contributed by atoms with Crippen LogP contribution in [0.25, 0.3) is 6.08 Å². The zero-order valence-electron chi connectivity index (χ0n) is 17.4. The lowest BCUT2D eigenvalue weighted by Crippen LogP contribution is -2.25. The van der Waals surface area contributed by atoms with Gasteiger partial charge in [0.2, 0.25) is 0 Å². The van der Waals surface area contributed by atoms with Crippen molar-refractivity contribution in [3.8, 4) is 5.75 Å². The summed E-state index contributed by atoms with van der Waals surface area (Å²) >= 11 is 0. The third kappa shape index (κ3) is 4.01. The Balaban J connectivity index is 1.91. The minimum atomic E-state index is -0.830. The molecule has 29 heavy (non-hydrogen) atoms. The Bertz CT molecular complexity index is 987. The molecule has 5 nitrogen and oxygen atoms in total. The molecule has 1 aliphatic heterocycles. The fraction of sp³-hybridized carbons (Fsp3) is 0.333. The number of hydrogen-bond donors (Lipinski definition) is 2. The minimum absolute atomic E-state index is 0.0599. The number of aromatic hydroxyl groups is 1. The molecular weight excluding hydrogens is 364 g/mol. The topological polar surface area (TPSA) is 64.0 Å². The van der Waals surface area contributed by atoms with Gasteiger partial charge in [-0.15, -0.1) is 0 Å². The van der Waals surface area contributed by atoms with E-state index in [1.807, 2.05) is 43.1 Å². The average molecular weight is 392 g/mol. The molecule has 0 saturated carbocycles. The molecule has 0 unspecified atom stereocenters. The number of carbonyl (C=O) groups is 1.